The Balaban J connectivity index is 1.66. The zero-order valence-corrected chi connectivity index (χ0v) is 12.8. The largest absolute Gasteiger partial charge is 0.336 e. The van der Waals surface area contributed by atoms with Crippen LogP contribution in [0.4, 0.5) is 0 Å². The molecule has 0 aliphatic carbocycles. The maximum Gasteiger partial charge on any atom is 0.326 e. The topological polar surface area (TPSA) is 108 Å². The molecular formula is C16H16N4O4. The lowest BCUT2D eigenvalue weighted by molar-refractivity contribution is 0.0588. The normalized spacial score (nSPS) is 22.1. The first-order valence-electron chi connectivity index (χ1n) is 7.84. The number of nitrogens with one attached hydrogen (secondary N) is 2. The molecule has 2 atom stereocenters. The fourth-order valence-electron chi connectivity index (χ4n) is 3.82. The SMILES string of the molecule is O=C(c1cc(=O)[nH]c(=O)[nH]1)N1C[C@@H]2C[C@H](C1)c1cccc(=O)n1C2. The van der Waals surface area contributed by atoms with Crippen LogP contribution in [0.1, 0.15) is 28.5 Å². The zero-order valence-electron chi connectivity index (χ0n) is 12.8. The number of aromatic nitrogens is 3. The second kappa shape index (κ2) is 5.33. The molecular weight excluding hydrogens is 312 g/mol. The van der Waals surface area contributed by atoms with Crippen LogP contribution in [0.5, 0.6) is 0 Å². The average molecular weight is 328 g/mol. The average Bonchev–Trinajstić information content (AvgIpc) is 2.54. The molecule has 0 saturated carbocycles. The number of fused-ring (bicyclic) bond motifs is 4. The van der Waals surface area contributed by atoms with Crippen molar-refractivity contribution < 1.29 is 4.79 Å². The summed E-state index contributed by atoms with van der Waals surface area (Å²) in [6.45, 7) is 1.56. The molecule has 2 N–H and O–H groups in total. The summed E-state index contributed by atoms with van der Waals surface area (Å²) in [5, 5.41) is 0. The van der Waals surface area contributed by atoms with E-state index in [0.29, 0.717) is 19.6 Å². The van der Waals surface area contributed by atoms with Crippen molar-refractivity contribution in [3.05, 3.63) is 66.8 Å². The third-order valence-corrected chi connectivity index (χ3v) is 4.76. The Morgan fingerprint density at radius 3 is 2.71 bits per heavy atom. The number of amides is 1. The minimum absolute atomic E-state index is 0.00539. The Hall–Kier alpha value is -2.90. The monoisotopic (exact) mass is 328 g/mol. The summed E-state index contributed by atoms with van der Waals surface area (Å²) in [5.41, 5.74) is -0.373. The number of hydrogen-bond acceptors (Lipinski definition) is 4. The number of H-pyrrole nitrogens is 2. The van der Waals surface area contributed by atoms with Crippen LogP contribution in [0, 0.1) is 5.92 Å². The van der Waals surface area contributed by atoms with Gasteiger partial charge >= 0.3 is 5.69 Å². The van der Waals surface area contributed by atoms with Crippen LogP contribution in [0.25, 0.3) is 0 Å². The fraction of sp³-hybridized carbons (Fsp3) is 0.375. The molecule has 2 aliphatic rings. The number of carbonyl (C=O) groups excluding carboxylic acids is 1. The van der Waals surface area contributed by atoms with Gasteiger partial charge in [0.1, 0.15) is 5.69 Å². The molecule has 0 aromatic carbocycles. The number of rotatable bonds is 1. The molecule has 0 unspecified atom stereocenters. The predicted molar refractivity (Wildman–Crippen MR) is 85.1 cm³/mol. The van der Waals surface area contributed by atoms with Gasteiger partial charge < -0.3 is 14.5 Å². The summed E-state index contributed by atoms with van der Waals surface area (Å²) < 4.78 is 1.79. The van der Waals surface area contributed by atoms with Gasteiger partial charge in [0, 0.05) is 43.4 Å². The molecule has 2 bridgehead atoms. The maximum absolute atomic E-state index is 12.6. The summed E-state index contributed by atoms with van der Waals surface area (Å²) >= 11 is 0. The highest BCUT2D eigenvalue weighted by Crippen LogP contribution is 2.35. The van der Waals surface area contributed by atoms with Crippen molar-refractivity contribution in [3.8, 4) is 0 Å². The predicted octanol–water partition coefficient (Wildman–Crippen LogP) is -0.516. The molecule has 4 rings (SSSR count). The number of carbonyl (C=O) groups is 1. The van der Waals surface area contributed by atoms with E-state index in [4.69, 9.17) is 0 Å². The van der Waals surface area contributed by atoms with Gasteiger partial charge in [0.25, 0.3) is 17.0 Å². The van der Waals surface area contributed by atoms with Gasteiger partial charge in [-0.05, 0) is 18.4 Å². The van der Waals surface area contributed by atoms with E-state index in [9.17, 15) is 19.2 Å². The van der Waals surface area contributed by atoms with Crippen LogP contribution in [0.3, 0.4) is 0 Å². The molecule has 2 aromatic heterocycles. The molecule has 8 nitrogen and oxygen atoms in total. The third-order valence-electron chi connectivity index (χ3n) is 4.76. The van der Waals surface area contributed by atoms with Crippen LogP contribution >= 0.6 is 0 Å². The first kappa shape index (κ1) is 14.7. The minimum Gasteiger partial charge on any atom is -0.336 e. The van der Waals surface area contributed by atoms with E-state index < -0.39 is 11.2 Å². The standard InChI is InChI=1S/C16H16N4O4/c21-13-5-11(17-16(24)18-13)15(23)19-6-9-4-10(8-19)12-2-1-3-14(22)20(12)7-9/h1-3,5,9-10H,4,6-8H2,(H2,17,18,21,24)/t9-,10+/m0/s1. The molecule has 0 spiro atoms. The van der Waals surface area contributed by atoms with Gasteiger partial charge in [0.05, 0.1) is 0 Å². The quantitative estimate of drug-likeness (QED) is 0.734. The molecule has 1 saturated heterocycles. The highest BCUT2D eigenvalue weighted by Gasteiger charge is 2.36. The van der Waals surface area contributed by atoms with E-state index in [0.717, 1.165) is 18.2 Å². The molecule has 2 aliphatic heterocycles. The summed E-state index contributed by atoms with van der Waals surface area (Å²) in [5.74, 6) is -0.0854. The Kier molecular flexibility index (Phi) is 3.26. The van der Waals surface area contributed by atoms with Crippen LogP contribution in [-0.2, 0) is 6.54 Å². The lowest BCUT2D eigenvalue weighted by atomic mass is 9.83. The fourth-order valence-corrected chi connectivity index (χ4v) is 3.82. The van der Waals surface area contributed by atoms with Crippen molar-refractivity contribution in [1.29, 1.82) is 0 Å². The molecule has 1 fully saturated rings. The van der Waals surface area contributed by atoms with Crippen molar-refractivity contribution in [1.82, 2.24) is 19.4 Å². The number of hydrogen-bond donors (Lipinski definition) is 2. The first-order valence-corrected chi connectivity index (χ1v) is 7.84. The third kappa shape index (κ3) is 2.40. The van der Waals surface area contributed by atoms with Gasteiger partial charge in [-0.1, -0.05) is 6.07 Å². The van der Waals surface area contributed by atoms with Gasteiger partial charge in [-0.2, -0.15) is 0 Å². The Bertz CT molecular complexity index is 958. The van der Waals surface area contributed by atoms with E-state index in [1.165, 1.54) is 0 Å². The summed E-state index contributed by atoms with van der Waals surface area (Å²) in [6, 6.07) is 6.32. The van der Waals surface area contributed by atoms with Crippen molar-refractivity contribution in [2.45, 2.75) is 18.9 Å². The van der Waals surface area contributed by atoms with E-state index in [2.05, 4.69) is 9.97 Å². The Morgan fingerprint density at radius 2 is 1.92 bits per heavy atom. The molecule has 0 radical (unpaired) electrons. The van der Waals surface area contributed by atoms with E-state index in [1.54, 1.807) is 21.6 Å². The minimum atomic E-state index is -0.694. The summed E-state index contributed by atoms with van der Waals surface area (Å²) in [4.78, 5) is 53.5. The number of likely N-dealkylation sites (tertiary alicyclic amines) is 1. The number of piperidine rings is 1. The van der Waals surface area contributed by atoms with Crippen LogP contribution < -0.4 is 16.8 Å². The lowest BCUT2D eigenvalue weighted by Crippen LogP contribution is -2.49. The van der Waals surface area contributed by atoms with Crippen molar-refractivity contribution >= 4 is 5.91 Å². The van der Waals surface area contributed by atoms with E-state index in [-0.39, 0.29) is 29.0 Å². The molecule has 24 heavy (non-hydrogen) atoms. The maximum atomic E-state index is 12.6. The van der Waals surface area contributed by atoms with E-state index >= 15 is 0 Å². The molecule has 4 heterocycles. The van der Waals surface area contributed by atoms with Gasteiger partial charge in [-0.15, -0.1) is 0 Å². The second-order valence-corrected chi connectivity index (χ2v) is 6.41. The summed E-state index contributed by atoms with van der Waals surface area (Å²) in [7, 11) is 0. The van der Waals surface area contributed by atoms with Crippen molar-refractivity contribution in [3.63, 3.8) is 0 Å². The first-order chi connectivity index (χ1) is 11.5. The molecule has 1 amide bonds. The lowest BCUT2D eigenvalue weighted by Gasteiger charge is -2.42. The van der Waals surface area contributed by atoms with Crippen LogP contribution in [0.2, 0.25) is 0 Å². The number of pyridine rings is 1. The highest BCUT2D eigenvalue weighted by atomic mass is 16.2. The molecule has 2 aromatic rings. The second-order valence-electron chi connectivity index (χ2n) is 6.41. The van der Waals surface area contributed by atoms with Gasteiger partial charge in [0.2, 0.25) is 0 Å². The van der Waals surface area contributed by atoms with Crippen molar-refractivity contribution in [2.24, 2.45) is 5.92 Å². The highest BCUT2D eigenvalue weighted by molar-refractivity contribution is 5.92. The Morgan fingerprint density at radius 1 is 1.08 bits per heavy atom. The smallest absolute Gasteiger partial charge is 0.326 e. The molecule has 124 valence electrons. The number of aromatic amines is 2. The van der Waals surface area contributed by atoms with E-state index in [1.807, 2.05) is 6.07 Å². The van der Waals surface area contributed by atoms with Gasteiger partial charge in [0.15, 0.2) is 0 Å². The number of nitrogens with zero attached hydrogens (tertiary/aromatic N) is 2. The zero-order chi connectivity index (χ0) is 16.8. The van der Waals surface area contributed by atoms with Gasteiger partial charge in [-0.25, -0.2) is 4.79 Å². The van der Waals surface area contributed by atoms with Crippen LogP contribution in [0.15, 0.2) is 38.6 Å². The van der Waals surface area contributed by atoms with Crippen LogP contribution in [-0.4, -0.2) is 38.4 Å². The Labute approximate surface area is 135 Å². The summed E-state index contributed by atoms with van der Waals surface area (Å²) in [6.07, 6.45) is 0.930. The van der Waals surface area contributed by atoms with Gasteiger partial charge in [-0.3, -0.25) is 19.4 Å². The van der Waals surface area contributed by atoms with Crippen molar-refractivity contribution in [2.75, 3.05) is 13.1 Å². The molecule has 8 heteroatoms.